The van der Waals surface area contributed by atoms with Gasteiger partial charge < -0.3 is 15.1 Å². The van der Waals surface area contributed by atoms with Crippen LogP contribution in [0.1, 0.15) is 46.5 Å². The maximum Gasteiger partial charge on any atom is 0.0110 e. The topological polar surface area (TPSA) is 18.5 Å². The number of hydrogen-bond donors (Lipinski definition) is 1. The van der Waals surface area contributed by atoms with Crippen molar-refractivity contribution in [2.45, 2.75) is 52.5 Å². The summed E-state index contributed by atoms with van der Waals surface area (Å²) in [6.45, 7) is 14.7. The number of rotatable bonds is 6. The van der Waals surface area contributed by atoms with Gasteiger partial charge in [-0.15, -0.1) is 0 Å². The van der Waals surface area contributed by atoms with Crippen molar-refractivity contribution >= 4 is 0 Å². The first-order chi connectivity index (χ1) is 10.1. The van der Waals surface area contributed by atoms with Gasteiger partial charge in [-0.2, -0.15) is 0 Å². The van der Waals surface area contributed by atoms with Crippen LogP contribution < -0.4 is 5.32 Å². The van der Waals surface area contributed by atoms with Gasteiger partial charge in [0, 0.05) is 32.2 Å². The molecule has 1 heterocycles. The van der Waals surface area contributed by atoms with Gasteiger partial charge in [-0.05, 0) is 57.2 Å². The molecule has 1 aliphatic carbocycles. The van der Waals surface area contributed by atoms with E-state index in [1.54, 1.807) is 0 Å². The number of piperazine rings is 1. The molecule has 0 radical (unpaired) electrons. The Morgan fingerprint density at radius 3 is 2.48 bits per heavy atom. The van der Waals surface area contributed by atoms with Gasteiger partial charge >= 0.3 is 0 Å². The minimum absolute atomic E-state index is 0.765. The summed E-state index contributed by atoms with van der Waals surface area (Å²) in [7, 11) is 2.23. The zero-order valence-corrected chi connectivity index (χ0v) is 14.8. The summed E-state index contributed by atoms with van der Waals surface area (Å²) in [6.07, 6.45) is 5.55. The third-order valence-corrected chi connectivity index (χ3v) is 5.68. The highest BCUT2D eigenvalue weighted by Crippen LogP contribution is 2.33. The van der Waals surface area contributed by atoms with E-state index in [4.69, 9.17) is 0 Å². The van der Waals surface area contributed by atoms with Crippen molar-refractivity contribution in [3.63, 3.8) is 0 Å². The summed E-state index contributed by atoms with van der Waals surface area (Å²) in [5, 5.41) is 3.89. The highest BCUT2D eigenvalue weighted by Gasteiger charge is 2.30. The molecule has 2 aliphatic rings. The Kier molecular flexibility index (Phi) is 6.97. The van der Waals surface area contributed by atoms with E-state index in [9.17, 15) is 0 Å². The molecule has 124 valence electrons. The maximum absolute atomic E-state index is 3.89. The highest BCUT2D eigenvalue weighted by atomic mass is 15.2. The van der Waals surface area contributed by atoms with Crippen molar-refractivity contribution in [1.29, 1.82) is 0 Å². The lowest BCUT2D eigenvalue weighted by Crippen LogP contribution is -2.46. The zero-order chi connectivity index (χ0) is 15.2. The Bertz CT molecular complexity index is 284. The van der Waals surface area contributed by atoms with Crippen LogP contribution in [0.4, 0.5) is 0 Å². The Morgan fingerprint density at radius 1 is 1.10 bits per heavy atom. The van der Waals surface area contributed by atoms with Crippen molar-refractivity contribution < 1.29 is 0 Å². The molecule has 3 atom stereocenters. The van der Waals surface area contributed by atoms with Crippen LogP contribution in [0.5, 0.6) is 0 Å². The van der Waals surface area contributed by atoms with Crippen LogP contribution in [0.15, 0.2) is 0 Å². The fraction of sp³-hybridized carbons (Fsp3) is 1.00. The van der Waals surface area contributed by atoms with Gasteiger partial charge in [0.25, 0.3) is 0 Å². The molecule has 3 nitrogen and oxygen atoms in total. The maximum atomic E-state index is 3.89. The number of likely N-dealkylation sites (N-methyl/N-ethyl adjacent to an activating group) is 1. The molecular formula is C18H37N3. The summed E-state index contributed by atoms with van der Waals surface area (Å²) in [6, 6.07) is 0.765. The van der Waals surface area contributed by atoms with Crippen LogP contribution in [0, 0.1) is 17.8 Å². The Labute approximate surface area is 132 Å². The van der Waals surface area contributed by atoms with E-state index in [0.717, 1.165) is 23.8 Å². The lowest BCUT2D eigenvalue weighted by atomic mass is 9.74. The van der Waals surface area contributed by atoms with Crippen molar-refractivity contribution in [2.24, 2.45) is 17.8 Å². The normalized spacial score (nSPS) is 32.7. The minimum atomic E-state index is 0.765. The molecule has 1 saturated carbocycles. The molecule has 2 rings (SSSR count). The molecule has 1 aliphatic heterocycles. The van der Waals surface area contributed by atoms with Crippen molar-refractivity contribution in [1.82, 2.24) is 15.1 Å². The van der Waals surface area contributed by atoms with Gasteiger partial charge in [0.1, 0.15) is 0 Å². The van der Waals surface area contributed by atoms with E-state index in [-0.39, 0.29) is 0 Å². The van der Waals surface area contributed by atoms with E-state index in [1.165, 1.54) is 65.0 Å². The van der Waals surface area contributed by atoms with E-state index >= 15 is 0 Å². The molecule has 0 aromatic heterocycles. The average Bonchev–Trinajstić information content (AvgIpc) is 2.45. The largest absolute Gasteiger partial charge is 0.314 e. The third kappa shape index (κ3) is 5.54. The van der Waals surface area contributed by atoms with Gasteiger partial charge in [0.2, 0.25) is 0 Å². The second-order valence-electron chi connectivity index (χ2n) is 7.89. The SMILES string of the molecule is CC1CCC(C(C)C)C(NCCCN2CCN(C)CC2)C1. The quantitative estimate of drug-likeness (QED) is 0.760. The summed E-state index contributed by atoms with van der Waals surface area (Å²) in [5.41, 5.74) is 0. The zero-order valence-electron chi connectivity index (χ0n) is 14.8. The molecule has 3 unspecified atom stereocenters. The van der Waals surface area contributed by atoms with Crippen LogP contribution in [0.3, 0.4) is 0 Å². The summed E-state index contributed by atoms with van der Waals surface area (Å²) in [5.74, 6) is 2.63. The molecule has 1 N–H and O–H groups in total. The predicted molar refractivity (Wildman–Crippen MR) is 91.7 cm³/mol. The highest BCUT2D eigenvalue weighted by molar-refractivity contribution is 4.85. The lowest BCUT2D eigenvalue weighted by Gasteiger charge is -2.38. The van der Waals surface area contributed by atoms with E-state index in [2.05, 4.69) is 42.9 Å². The molecule has 1 saturated heterocycles. The van der Waals surface area contributed by atoms with Crippen LogP contribution in [0.2, 0.25) is 0 Å². The van der Waals surface area contributed by atoms with Gasteiger partial charge in [-0.25, -0.2) is 0 Å². The molecule has 0 bridgehead atoms. The Balaban J connectivity index is 1.64. The molecule has 0 spiro atoms. The first kappa shape index (κ1) is 17.2. The first-order valence-corrected chi connectivity index (χ1v) is 9.20. The second kappa shape index (κ2) is 8.50. The molecular weight excluding hydrogens is 258 g/mol. The Hall–Kier alpha value is -0.120. The van der Waals surface area contributed by atoms with E-state index in [0.29, 0.717) is 0 Å². The van der Waals surface area contributed by atoms with E-state index in [1.807, 2.05) is 0 Å². The molecule has 0 amide bonds. The van der Waals surface area contributed by atoms with Crippen LogP contribution in [0.25, 0.3) is 0 Å². The summed E-state index contributed by atoms with van der Waals surface area (Å²) >= 11 is 0. The molecule has 0 aromatic rings. The Morgan fingerprint density at radius 2 is 1.81 bits per heavy atom. The fourth-order valence-corrected chi connectivity index (χ4v) is 4.10. The van der Waals surface area contributed by atoms with Crippen LogP contribution in [-0.2, 0) is 0 Å². The van der Waals surface area contributed by atoms with Crippen molar-refractivity contribution in [3.05, 3.63) is 0 Å². The number of nitrogens with zero attached hydrogens (tertiary/aromatic N) is 2. The molecule has 0 aromatic carbocycles. The van der Waals surface area contributed by atoms with Crippen LogP contribution in [-0.4, -0.2) is 62.2 Å². The number of nitrogens with one attached hydrogen (secondary N) is 1. The molecule has 21 heavy (non-hydrogen) atoms. The first-order valence-electron chi connectivity index (χ1n) is 9.20. The molecule has 3 heteroatoms. The van der Waals surface area contributed by atoms with Crippen LogP contribution >= 0.6 is 0 Å². The summed E-state index contributed by atoms with van der Waals surface area (Å²) < 4.78 is 0. The number of hydrogen-bond acceptors (Lipinski definition) is 3. The van der Waals surface area contributed by atoms with Gasteiger partial charge in [-0.3, -0.25) is 0 Å². The lowest BCUT2D eigenvalue weighted by molar-refractivity contribution is 0.146. The standard InChI is InChI=1S/C18H37N3/c1-15(2)17-7-6-16(3)14-18(17)19-8-5-9-21-12-10-20(4)11-13-21/h15-19H,5-14H2,1-4H3. The second-order valence-corrected chi connectivity index (χ2v) is 7.89. The minimum Gasteiger partial charge on any atom is -0.314 e. The van der Waals surface area contributed by atoms with Gasteiger partial charge in [0.05, 0.1) is 0 Å². The third-order valence-electron chi connectivity index (χ3n) is 5.68. The van der Waals surface area contributed by atoms with Gasteiger partial charge in [0.15, 0.2) is 0 Å². The van der Waals surface area contributed by atoms with E-state index < -0.39 is 0 Å². The smallest absolute Gasteiger partial charge is 0.0110 e. The average molecular weight is 296 g/mol. The van der Waals surface area contributed by atoms with Gasteiger partial charge in [-0.1, -0.05) is 27.2 Å². The van der Waals surface area contributed by atoms with Crippen molar-refractivity contribution in [3.8, 4) is 0 Å². The predicted octanol–water partition coefficient (Wildman–Crippen LogP) is 2.67. The monoisotopic (exact) mass is 295 g/mol. The molecule has 2 fully saturated rings. The summed E-state index contributed by atoms with van der Waals surface area (Å²) in [4.78, 5) is 5.07. The fourth-order valence-electron chi connectivity index (χ4n) is 4.10. The van der Waals surface area contributed by atoms with Crippen molar-refractivity contribution in [2.75, 3.05) is 46.3 Å².